The van der Waals surface area contributed by atoms with Crippen LogP contribution in [0.1, 0.15) is 25.8 Å². The number of benzene rings is 1. The van der Waals surface area contributed by atoms with Gasteiger partial charge in [0.05, 0.1) is 25.2 Å². The van der Waals surface area contributed by atoms with Crippen LogP contribution in [-0.2, 0) is 19.6 Å². The van der Waals surface area contributed by atoms with Gasteiger partial charge in [0.2, 0.25) is 15.9 Å². The summed E-state index contributed by atoms with van der Waals surface area (Å²) in [6.07, 6.45) is 1.34. The molecule has 0 radical (unpaired) electrons. The highest BCUT2D eigenvalue weighted by Gasteiger charge is 2.23. The number of anilines is 2. The molecule has 0 atom stereocenters. The van der Waals surface area contributed by atoms with E-state index in [0.29, 0.717) is 32.0 Å². The summed E-state index contributed by atoms with van der Waals surface area (Å²) in [6, 6.07) is 5.78. The van der Waals surface area contributed by atoms with Crippen LogP contribution in [0, 0.1) is 6.92 Å². The molecule has 0 aromatic heterocycles. The van der Waals surface area contributed by atoms with Gasteiger partial charge < -0.3 is 14.5 Å². The van der Waals surface area contributed by atoms with Crippen molar-refractivity contribution < 1.29 is 17.9 Å². The molecule has 1 saturated heterocycles. The summed E-state index contributed by atoms with van der Waals surface area (Å²) in [7, 11) is -3.49. The van der Waals surface area contributed by atoms with Crippen LogP contribution >= 0.6 is 0 Å². The van der Waals surface area contributed by atoms with E-state index < -0.39 is 10.0 Å². The van der Waals surface area contributed by atoms with E-state index in [2.05, 4.69) is 18.7 Å². The molecule has 0 N–H and O–H groups in total. The summed E-state index contributed by atoms with van der Waals surface area (Å²) >= 11 is 0. The van der Waals surface area contributed by atoms with Crippen LogP contribution in [0.25, 0.3) is 0 Å². The normalized spacial score (nSPS) is 14.9. The molecule has 0 spiro atoms. The van der Waals surface area contributed by atoms with E-state index >= 15 is 0 Å². The van der Waals surface area contributed by atoms with Gasteiger partial charge in [-0.1, -0.05) is 0 Å². The van der Waals surface area contributed by atoms with E-state index in [9.17, 15) is 13.2 Å². The number of nitrogens with zero attached hydrogens (tertiary/aromatic N) is 3. The topological polar surface area (TPSA) is 70.2 Å². The second-order valence-electron chi connectivity index (χ2n) is 6.72. The van der Waals surface area contributed by atoms with Crippen LogP contribution in [0.15, 0.2) is 18.2 Å². The summed E-state index contributed by atoms with van der Waals surface area (Å²) in [6.45, 7) is 10.2. The number of hydrogen-bond donors (Lipinski definition) is 0. The Hall–Kier alpha value is -1.80. The number of morpholine rings is 1. The van der Waals surface area contributed by atoms with Crippen molar-refractivity contribution in [1.29, 1.82) is 0 Å². The minimum atomic E-state index is -3.49. The number of sulfonamides is 1. The number of rotatable bonds is 8. The van der Waals surface area contributed by atoms with Crippen molar-refractivity contribution in [3.05, 3.63) is 23.8 Å². The Labute approximate surface area is 162 Å². The van der Waals surface area contributed by atoms with Crippen molar-refractivity contribution in [2.75, 3.05) is 61.4 Å². The fraction of sp³-hybridized carbons (Fsp3) is 0.632. The van der Waals surface area contributed by atoms with Crippen LogP contribution in [0.4, 0.5) is 11.4 Å². The van der Waals surface area contributed by atoms with Crippen molar-refractivity contribution in [3.8, 4) is 0 Å². The van der Waals surface area contributed by atoms with Gasteiger partial charge in [0.15, 0.2) is 0 Å². The second-order valence-corrected chi connectivity index (χ2v) is 8.63. The quantitative estimate of drug-likeness (QED) is 0.670. The van der Waals surface area contributed by atoms with Gasteiger partial charge in [0.25, 0.3) is 0 Å². The first-order chi connectivity index (χ1) is 12.8. The molecule has 1 amide bonds. The number of carbonyl (C=O) groups is 1. The fourth-order valence-electron chi connectivity index (χ4n) is 3.34. The predicted molar refractivity (Wildman–Crippen MR) is 109 cm³/mol. The summed E-state index contributed by atoms with van der Waals surface area (Å²) in [5, 5.41) is 0. The summed E-state index contributed by atoms with van der Waals surface area (Å²) in [5.74, 6) is -0.0376. The Morgan fingerprint density at radius 2 is 1.81 bits per heavy atom. The Bertz CT molecular complexity index is 741. The number of ether oxygens (including phenoxy) is 1. The molecule has 7 nitrogen and oxygen atoms in total. The lowest BCUT2D eigenvalue weighted by Gasteiger charge is -2.29. The van der Waals surface area contributed by atoms with Gasteiger partial charge in [0, 0.05) is 44.8 Å². The summed E-state index contributed by atoms with van der Waals surface area (Å²) in [5.41, 5.74) is 2.57. The third kappa shape index (κ3) is 5.59. The SMILES string of the molecule is CCN(CC)c1ccc(N(CCC(=O)N2CCOCC2)S(C)(=O)=O)c(C)c1. The first-order valence-electron chi connectivity index (χ1n) is 9.46. The lowest BCUT2D eigenvalue weighted by atomic mass is 10.1. The molecule has 0 aliphatic carbocycles. The van der Waals surface area contributed by atoms with Crippen LogP contribution in [0.2, 0.25) is 0 Å². The molecule has 1 aliphatic heterocycles. The van der Waals surface area contributed by atoms with Gasteiger partial charge in [0.1, 0.15) is 0 Å². The highest BCUT2D eigenvalue weighted by molar-refractivity contribution is 7.92. The van der Waals surface area contributed by atoms with E-state index in [1.807, 2.05) is 25.1 Å². The molecule has 152 valence electrons. The average Bonchev–Trinajstić information content (AvgIpc) is 2.64. The molecule has 1 fully saturated rings. The van der Waals surface area contributed by atoms with Crippen LogP contribution in [0.3, 0.4) is 0 Å². The minimum absolute atomic E-state index is 0.0376. The third-order valence-electron chi connectivity index (χ3n) is 4.87. The Kier molecular flexibility index (Phi) is 7.49. The van der Waals surface area contributed by atoms with Crippen LogP contribution in [0.5, 0.6) is 0 Å². The van der Waals surface area contributed by atoms with Gasteiger partial charge in [-0.25, -0.2) is 8.42 Å². The number of carbonyl (C=O) groups excluding carboxylic acids is 1. The van der Waals surface area contributed by atoms with E-state index in [1.54, 1.807) is 4.90 Å². The largest absolute Gasteiger partial charge is 0.378 e. The van der Waals surface area contributed by atoms with E-state index in [-0.39, 0.29) is 18.9 Å². The van der Waals surface area contributed by atoms with Crippen LogP contribution < -0.4 is 9.21 Å². The van der Waals surface area contributed by atoms with Gasteiger partial charge in [-0.15, -0.1) is 0 Å². The Balaban J connectivity index is 2.17. The molecule has 1 aromatic carbocycles. The van der Waals surface area contributed by atoms with E-state index in [0.717, 1.165) is 24.3 Å². The molecule has 2 rings (SSSR count). The second kappa shape index (κ2) is 9.41. The first-order valence-corrected chi connectivity index (χ1v) is 11.3. The molecule has 8 heteroatoms. The molecule has 1 aliphatic rings. The number of hydrogen-bond acceptors (Lipinski definition) is 5. The first kappa shape index (κ1) is 21.5. The summed E-state index contributed by atoms with van der Waals surface area (Å²) in [4.78, 5) is 16.4. The van der Waals surface area contributed by atoms with Gasteiger partial charge >= 0.3 is 0 Å². The molecular formula is C19H31N3O4S. The Morgan fingerprint density at radius 3 is 2.33 bits per heavy atom. The lowest BCUT2D eigenvalue weighted by Crippen LogP contribution is -2.42. The van der Waals surface area contributed by atoms with E-state index in [1.165, 1.54) is 10.6 Å². The summed E-state index contributed by atoms with van der Waals surface area (Å²) < 4.78 is 31.3. The lowest BCUT2D eigenvalue weighted by molar-refractivity contribution is -0.135. The zero-order chi connectivity index (χ0) is 20.0. The van der Waals surface area contributed by atoms with Crippen molar-refractivity contribution in [2.45, 2.75) is 27.2 Å². The molecule has 0 unspecified atom stereocenters. The molecule has 0 bridgehead atoms. The zero-order valence-electron chi connectivity index (χ0n) is 16.8. The highest BCUT2D eigenvalue weighted by atomic mass is 32.2. The maximum absolute atomic E-state index is 12.4. The van der Waals surface area contributed by atoms with Crippen molar-refractivity contribution >= 4 is 27.3 Å². The smallest absolute Gasteiger partial charge is 0.232 e. The highest BCUT2D eigenvalue weighted by Crippen LogP contribution is 2.27. The molecule has 1 heterocycles. The predicted octanol–water partition coefficient (Wildman–Crippen LogP) is 1.86. The van der Waals surface area contributed by atoms with E-state index in [4.69, 9.17) is 4.74 Å². The Morgan fingerprint density at radius 1 is 1.19 bits per heavy atom. The standard InChI is InChI=1S/C19H31N3O4S/c1-5-20(6-2)17-7-8-18(16(3)15-17)22(27(4,24)25)10-9-19(23)21-11-13-26-14-12-21/h7-8,15H,5-6,9-14H2,1-4H3. The maximum atomic E-state index is 12.4. The van der Waals surface area contributed by atoms with Crippen molar-refractivity contribution in [1.82, 2.24) is 4.90 Å². The monoisotopic (exact) mass is 397 g/mol. The minimum Gasteiger partial charge on any atom is -0.378 e. The average molecular weight is 398 g/mol. The molecule has 0 saturated carbocycles. The number of amides is 1. The third-order valence-corrected chi connectivity index (χ3v) is 6.05. The molecular weight excluding hydrogens is 366 g/mol. The fourth-order valence-corrected chi connectivity index (χ4v) is 4.32. The van der Waals surface area contributed by atoms with Gasteiger partial charge in [-0.2, -0.15) is 0 Å². The van der Waals surface area contributed by atoms with Crippen LogP contribution in [-0.4, -0.2) is 71.4 Å². The molecule has 27 heavy (non-hydrogen) atoms. The van der Waals surface area contributed by atoms with Gasteiger partial charge in [-0.3, -0.25) is 9.10 Å². The van der Waals surface area contributed by atoms with Crippen molar-refractivity contribution in [3.63, 3.8) is 0 Å². The maximum Gasteiger partial charge on any atom is 0.232 e. The van der Waals surface area contributed by atoms with Gasteiger partial charge in [-0.05, 0) is 44.5 Å². The molecule has 1 aromatic rings. The zero-order valence-corrected chi connectivity index (χ0v) is 17.6. The number of aryl methyl sites for hydroxylation is 1. The van der Waals surface area contributed by atoms with Crippen molar-refractivity contribution in [2.24, 2.45) is 0 Å².